The molecule has 2 nitrogen and oxygen atoms in total. The first-order chi connectivity index (χ1) is 32.2. The summed E-state index contributed by atoms with van der Waals surface area (Å²) in [6.45, 7) is 0. The van der Waals surface area contributed by atoms with Gasteiger partial charge in [0.25, 0.3) is 0 Å². The molecule has 0 bridgehead atoms. The van der Waals surface area contributed by atoms with E-state index in [0.29, 0.717) is 0 Å². The molecule has 65 heavy (non-hydrogen) atoms. The number of hydrogen-bond acceptors (Lipinski definition) is 2. The Hall–Kier alpha value is -8.46. The Balaban J connectivity index is 0.944. The maximum Gasteiger partial charge on any atom is 0.143 e. The van der Waals surface area contributed by atoms with E-state index < -0.39 is 5.41 Å². The van der Waals surface area contributed by atoms with Gasteiger partial charge in [0.1, 0.15) is 11.2 Å². The number of furan rings is 1. The first kappa shape index (κ1) is 37.1. The Kier molecular flexibility index (Phi) is 8.47. The molecule has 0 amide bonds. The summed E-state index contributed by atoms with van der Waals surface area (Å²) in [5, 5.41) is 7.02. The average molecular weight is 828 g/mol. The molecule has 0 fully saturated rings. The number of nitrogens with zero attached hydrogens (tertiary/aromatic N) is 1. The molecule has 13 rings (SSSR count). The molecule has 0 unspecified atom stereocenters. The van der Waals surface area contributed by atoms with Gasteiger partial charge in [0, 0.05) is 33.2 Å². The van der Waals surface area contributed by atoms with Gasteiger partial charge in [0.15, 0.2) is 0 Å². The summed E-state index contributed by atoms with van der Waals surface area (Å²) in [6, 6.07) is 90.8. The van der Waals surface area contributed by atoms with E-state index in [4.69, 9.17) is 4.42 Å². The largest absolute Gasteiger partial charge is 0.455 e. The van der Waals surface area contributed by atoms with Crippen LogP contribution < -0.4 is 4.90 Å². The van der Waals surface area contributed by atoms with Crippen molar-refractivity contribution < 1.29 is 4.42 Å². The van der Waals surface area contributed by atoms with Crippen LogP contribution in [0.25, 0.3) is 76.9 Å². The molecule has 1 aliphatic rings. The van der Waals surface area contributed by atoms with E-state index in [1.54, 1.807) is 0 Å². The van der Waals surface area contributed by atoms with Gasteiger partial charge < -0.3 is 9.32 Å². The minimum absolute atomic E-state index is 0.505. The molecule has 0 N–H and O–H groups in total. The molecule has 0 aliphatic heterocycles. The van der Waals surface area contributed by atoms with E-state index in [0.717, 1.165) is 50.0 Å². The molecule has 304 valence electrons. The molecule has 11 aromatic carbocycles. The summed E-state index contributed by atoms with van der Waals surface area (Å²) in [7, 11) is 0. The van der Waals surface area contributed by atoms with Gasteiger partial charge in [0.2, 0.25) is 0 Å². The highest BCUT2D eigenvalue weighted by atomic mass is 16.3. The Morgan fingerprint density at radius 1 is 0.323 bits per heavy atom. The van der Waals surface area contributed by atoms with E-state index in [1.165, 1.54) is 66.2 Å². The maximum atomic E-state index is 6.52. The lowest BCUT2D eigenvalue weighted by atomic mass is 9.67. The van der Waals surface area contributed by atoms with E-state index in [2.05, 4.69) is 248 Å². The van der Waals surface area contributed by atoms with Crippen LogP contribution in [0.15, 0.2) is 253 Å². The molecular weight excluding hydrogens is 787 g/mol. The van der Waals surface area contributed by atoms with Gasteiger partial charge in [-0.1, -0.05) is 194 Å². The second-order valence-electron chi connectivity index (χ2n) is 17.2. The first-order valence-corrected chi connectivity index (χ1v) is 22.4. The first-order valence-electron chi connectivity index (χ1n) is 22.4. The summed E-state index contributed by atoms with van der Waals surface area (Å²) >= 11 is 0. The summed E-state index contributed by atoms with van der Waals surface area (Å²) in [5.41, 5.74) is 17.0. The molecule has 0 saturated carbocycles. The Labute approximate surface area is 377 Å². The molecular formula is C63H41NO. The van der Waals surface area contributed by atoms with Crippen molar-refractivity contribution >= 4 is 60.5 Å². The third-order valence-electron chi connectivity index (χ3n) is 13.7. The normalized spacial score (nSPS) is 12.7. The van der Waals surface area contributed by atoms with Gasteiger partial charge in [0.05, 0.1) is 5.41 Å². The topological polar surface area (TPSA) is 16.4 Å². The van der Waals surface area contributed by atoms with Crippen molar-refractivity contribution in [3.05, 3.63) is 271 Å². The van der Waals surface area contributed by atoms with Gasteiger partial charge >= 0.3 is 0 Å². The predicted molar refractivity (Wildman–Crippen MR) is 272 cm³/mol. The Morgan fingerprint density at radius 2 is 0.862 bits per heavy atom. The highest BCUT2D eigenvalue weighted by Crippen LogP contribution is 2.56. The highest BCUT2D eigenvalue weighted by Gasteiger charge is 2.46. The molecule has 2 heteroatoms. The third kappa shape index (κ3) is 5.81. The minimum Gasteiger partial charge on any atom is -0.455 e. The number of fused-ring (bicyclic) bond motifs is 10. The van der Waals surface area contributed by atoms with E-state index in [9.17, 15) is 0 Å². The molecule has 1 aromatic heterocycles. The summed E-state index contributed by atoms with van der Waals surface area (Å²) in [5.74, 6) is 0. The van der Waals surface area contributed by atoms with Crippen LogP contribution in [0.2, 0.25) is 0 Å². The van der Waals surface area contributed by atoms with Crippen LogP contribution in [0.5, 0.6) is 0 Å². The lowest BCUT2D eigenvalue weighted by Gasteiger charge is -2.35. The molecule has 1 aliphatic carbocycles. The number of para-hydroxylation sites is 1. The van der Waals surface area contributed by atoms with Crippen LogP contribution in [0.4, 0.5) is 17.1 Å². The van der Waals surface area contributed by atoms with E-state index >= 15 is 0 Å². The van der Waals surface area contributed by atoms with Crippen molar-refractivity contribution in [1.29, 1.82) is 0 Å². The van der Waals surface area contributed by atoms with Crippen LogP contribution in [0.3, 0.4) is 0 Å². The second kappa shape index (κ2) is 14.8. The molecule has 1 heterocycles. The van der Waals surface area contributed by atoms with Crippen molar-refractivity contribution in [2.75, 3.05) is 4.90 Å². The van der Waals surface area contributed by atoms with Crippen molar-refractivity contribution in [3.63, 3.8) is 0 Å². The van der Waals surface area contributed by atoms with Gasteiger partial charge in [-0.05, 0) is 126 Å². The van der Waals surface area contributed by atoms with Crippen molar-refractivity contribution in [2.45, 2.75) is 5.41 Å². The van der Waals surface area contributed by atoms with Crippen LogP contribution in [0.1, 0.15) is 22.3 Å². The fourth-order valence-electron chi connectivity index (χ4n) is 10.8. The van der Waals surface area contributed by atoms with Gasteiger partial charge in [-0.2, -0.15) is 0 Å². The zero-order valence-electron chi connectivity index (χ0n) is 35.5. The number of rotatable bonds is 7. The predicted octanol–water partition coefficient (Wildman–Crippen LogP) is 17.1. The quantitative estimate of drug-likeness (QED) is 0.149. The van der Waals surface area contributed by atoms with Crippen LogP contribution in [-0.4, -0.2) is 0 Å². The molecule has 0 radical (unpaired) electrons. The molecule has 0 atom stereocenters. The number of hydrogen-bond donors (Lipinski definition) is 0. The molecule has 12 aromatic rings. The lowest BCUT2D eigenvalue weighted by Crippen LogP contribution is -2.28. The summed E-state index contributed by atoms with van der Waals surface area (Å²) in [4.78, 5) is 2.40. The van der Waals surface area contributed by atoms with Crippen LogP contribution in [-0.2, 0) is 5.41 Å². The van der Waals surface area contributed by atoms with E-state index in [-0.39, 0.29) is 0 Å². The summed E-state index contributed by atoms with van der Waals surface area (Å²) < 4.78 is 6.52. The Morgan fingerprint density at radius 3 is 1.58 bits per heavy atom. The van der Waals surface area contributed by atoms with Crippen molar-refractivity contribution in [1.82, 2.24) is 0 Å². The average Bonchev–Trinajstić information content (AvgIpc) is 3.91. The van der Waals surface area contributed by atoms with Crippen LogP contribution >= 0.6 is 0 Å². The monoisotopic (exact) mass is 827 g/mol. The molecule has 0 saturated heterocycles. The van der Waals surface area contributed by atoms with Gasteiger partial charge in [-0.15, -0.1) is 0 Å². The zero-order valence-corrected chi connectivity index (χ0v) is 35.5. The maximum absolute atomic E-state index is 6.52. The summed E-state index contributed by atoms with van der Waals surface area (Å²) in [6.07, 6.45) is 0. The fraction of sp³-hybridized carbons (Fsp3) is 0.0159. The van der Waals surface area contributed by atoms with Crippen LogP contribution in [0, 0.1) is 0 Å². The lowest BCUT2D eigenvalue weighted by molar-refractivity contribution is 0.673. The number of anilines is 3. The number of benzene rings is 11. The van der Waals surface area contributed by atoms with E-state index in [1.807, 2.05) is 6.07 Å². The Bertz CT molecular complexity index is 3710. The smallest absolute Gasteiger partial charge is 0.143 e. The van der Waals surface area contributed by atoms with Crippen molar-refractivity contribution in [3.8, 4) is 33.4 Å². The zero-order chi connectivity index (χ0) is 42.9. The highest BCUT2D eigenvalue weighted by molar-refractivity contribution is 6.23. The standard InChI is InChI=1S/C63H41NO/c1-3-14-42(15-4-1)43-28-34-50(35-29-43)64(52-19-13-18-49(41-52)63(48-16-5-2-6-17-48)58-23-10-7-20-54(58)55-21-8-11-24-59(55)63)51-36-30-44(31-37-51)46-33-38-53-47(40-46)27-26-45-32-39-57-56-22-9-12-25-60(56)65-62(57)61(45)53/h1-41H. The SMILES string of the molecule is c1ccc(-c2ccc(N(c3ccc(-c4ccc5c(ccc6ccc7c8ccccc8oc7c65)c4)cc3)c3cccc(C4(c5ccccc5)c5ccccc5-c5ccccc54)c3)cc2)cc1. The van der Waals surface area contributed by atoms with Gasteiger partial charge in [-0.3, -0.25) is 0 Å². The fourth-order valence-corrected chi connectivity index (χ4v) is 10.8. The van der Waals surface area contributed by atoms with Crippen molar-refractivity contribution in [2.24, 2.45) is 0 Å². The minimum atomic E-state index is -0.505. The third-order valence-corrected chi connectivity index (χ3v) is 13.7. The van der Waals surface area contributed by atoms with Gasteiger partial charge in [-0.25, -0.2) is 0 Å². The second-order valence-corrected chi connectivity index (χ2v) is 17.2. The molecule has 0 spiro atoms.